The van der Waals surface area contributed by atoms with Crippen LogP contribution in [0, 0.1) is 0 Å². The van der Waals surface area contributed by atoms with E-state index in [1.807, 2.05) is 18.2 Å². The van der Waals surface area contributed by atoms with Crippen molar-refractivity contribution in [1.82, 2.24) is 19.7 Å². The number of nitrogens with zero attached hydrogens (tertiary/aromatic N) is 5. The molecule has 0 bridgehead atoms. The second kappa shape index (κ2) is 8.07. The highest BCUT2D eigenvalue weighted by molar-refractivity contribution is 6.36. The molecule has 7 nitrogen and oxygen atoms in total. The fourth-order valence-corrected chi connectivity index (χ4v) is 4.39. The van der Waals surface area contributed by atoms with Gasteiger partial charge in [0.25, 0.3) is 5.91 Å². The van der Waals surface area contributed by atoms with Crippen LogP contribution in [0.2, 0.25) is 10.0 Å². The first-order valence-electron chi connectivity index (χ1n) is 10.1. The van der Waals surface area contributed by atoms with E-state index in [2.05, 4.69) is 15.1 Å². The van der Waals surface area contributed by atoms with E-state index in [1.165, 1.54) is 4.68 Å². The van der Waals surface area contributed by atoms with Gasteiger partial charge in [-0.25, -0.2) is 14.7 Å². The Bertz CT molecular complexity index is 1200. The van der Waals surface area contributed by atoms with Crippen molar-refractivity contribution in [1.29, 1.82) is 0 Å². The van der Waals surface area contributed by atoms with Crippen LogP contribution in [0.25, 0.3) is 5.69 Å². The topological polar surface area (TPSA) is 83.6 Å². The zero-order valence-electron chi connectivity index (χ0n) is 16.5. The third-order valence-corrected chi connectivity index (χ3v) is 6.08. The van der Waals surface area contributed by atoms with Crippen molar-refractivity contribution in [3.63, 3.8) is 0 Å². The van der Waals surface area contributed by atoms with Gasteiger partial charge in [-0.05, 0) is 43.5 Å². The van der Waals surface area contributed by atoms with E-state index in [9.17, 15) is 9.90 Å². The summed E-state index contributed by atoms with van der Waals surface area (Å²) in [5, 5.41) is 16.4. The molecule has 1 unspecified atom stereocenters. The molecule has 1 saturated heterocycles. The van der Waals surface area contributed by atoms with Gasteiger partial charge in [0.2, 0.25) is 12.1 Å². The molecule has 0 radical (unpaired) electrons. The van der Waals surface area contributed by atoms with Gasteiger partial charge in [0, 0.05) is 34.3 Å². The van der Waals surface area contributed by atoms with Gasteiger partial charge >= 0.3 is 0 Å². The van der Waals surface area contributed by atoms with Crippen molar-refractivity contribution in [2.24, 2.45) is 4.99 Å². The monoisotopic (exact) mass is 455 g/mol. The lowest BCUT2D eigenvalue weighted by Crippen LogP contribution is -2.36. The lowest BCUT2D eigenvalue weighted by Gasteiger charge is -2.25. The number of rotatable bonds is 2. The standard InChI is InChI=1S/C22H19Cl2N5O2/c23-13-8-9-17-15(12-13)18(14-6-2-3-7-16(14)24)25-21(30)20-26-19(27-29(17)20)22(31)28-10-4-1-5-11-28/h2-3,6-9,12,21,30H,1,4-5,10-11H2. The van der Waals surface area contributed by atoms with Crippen molar-refractivity contribution in [3.8, 4) is 5.69 Å². The van der Waals surface area contributed by atoms with Gasteiger partial charge in [0.1, 0.15) is 0 Å². The van der Waals surface area contributed by atoms with Crippen LogP contribution in [0.5, 0.6) is 0 Å². The van der Waals surface area contributed by atoms with Crippen LogP contribution in [0.15, 0.2) is 47.5 Å². The highest BCUT2D eigenvalue weighted by atomic mass is 35.5. The minimum Gasteiger partial charge on any atom is -0.365 e. The van der Waals surface area contributed by atoms with Gasteiger partial charge in [-0.2, -0.15) is 0 Å². The van der Waals surface area contributed by atoms with Gasteiger partial charge in [0.15, 0.2) is 5.82 Å². The maximum absolute atomic E-state index is 12.9. The Morgan fingerprint density at radius 3 is 2.58 bits per heavy atom. The average Bonchev–Trinajstić information content (AvgIpc) is 3.19. The van der Waals surface area contributed by atoms with Crippen LogP contribution in [0.1, 0.15) is 53.1 Å². The molecule has 2 aliphatic heterocycles. The van der Waals surface area contributed by atoms with E-state index in [4.69, 9.17) is 23.2 Å². The highest BCUT2D eigenvalue weighted by Gasteiger charge is 2.31. The maximum Gasteiger partial charge on any atom is 0.293 e. The third-order valence-electron chi connectivity index (χ3n) is 5.52. The number of likely N-dealkylation sites (tertiary alicyclic amines) is 1. The molecule has 1 amide bonds. The zero-order valence-corrected chi connectivity index (χ0v) is 18.0. The molecule has 0 aliphatic carbocycles. The number of aliphatic hydroxyl groups is 1. The van der Waals surface area contributed by atoms with Gasteiger partial charge < -0.3 is 10.0 Å². The predicted octanol–water partition coefficient (Wildman–Crippen LogP) is 4.04. The summed E-state index contributed by atoms with van der Waals surface area (Å²) in [6.07, 6.45) is 1.72. The molecule has 2 aromatic carbocycles. The molecule has 1 aromatic heterocycles. The fourth-order valence-electron chi connectivity index (χ4n) is 4.00. The Labute approximate surface area is 188 Å². The largest absolute Gasteiger partial charge is 0.365 e. The van der Waals surface area contributed by atoms with E-state index in [-0.39, 0.29) is 17.6 Å². The molecule has 3 heterocycles. The first-order valence-corrected chi connectivity index (χ1v) is 10.9. The number of amides is 1. The molecule has 31 heavy (non-hydrogen) atoms. The molecule has 0 saturated carbocycles. The summed E-state index contributed by atoms with van der Waals surface area (Å²) in [4.78, 5) is 23.6. The number of piperidine rings is 1. The van der Waals surface area contributed by atoms with Crippen LogP contribution in [0.4, 0.5) is 0 Å². The normalized spacial score (nSPS) is 18.1. The van der Waals surface area contributed by atoms with Crippen LogP contribution in [-0.2, 0) is 0 Å². The van der Waals surface area contributed by atoms with Crippen LogP contribution in [-0.4, -0.2) is 49.5 Å². The summed E-state index contributed by atoms with van der Waals surface area (Å²) >= 11 is 12.7. The molecule has 9 heteroatoms. The Balaban J connectivity index is 1.65. The van der Waals surface area contributed by atoms with E-state index >= 15 is 0 Å². The Morgan fingerprint density at radius 1 is 1.03 bits per heavy atom. The second-order valence-corrected chi connectivity index (χ2v) is 8.39. The molecule has 2 aliphatic rings. The smallest absolute Gasteiger partial charge is 0.293 e. The number of aromatic nitrogens is 3. The molecule has 158 valence electrons. The van der Waals surface area contributed by atoms with Crippen molar-refractivity contribution in [2.45, 2.75) is 25.5 Å². The van der Waals surface area contributed by atoms with E-state index < -0.39 is 6.23 Å². The number of benzene rings is 2. The minimum absolute atomic E-state index is 0.0493. The number of hydrogen-bond donors (Lipinski definition) is 1. The lowest BCUT2D eigenvalue weighted by atomic mass is 10.0. The third kappa shape index (κ3) is 3.63. The first-order chi connectivity index (χ1) is 15.0. The molecule has 1 N–H and O–H groups in total. The Kier molecular flexibility index (Phi) is 5.25. The summed E-state index contributed by atoms with van der Waals surface area (Å²) in [6, 6.07) is 12.5. The summed E-state index contributed by atoms with van der Waals surface area (Å²) in [7, 11) is 0. The van der Waals surface area contributed by atoms with Gasteiger partial charge in [-0.3, -0.25) is 4.79 Å². The summed E-state index contributed by atoms with van der Waals surface area (Å²) in [5.41, 5.74) is 2.38. The molecule has 0 spiro atoms. The number of fused-ring (bicyclic) bond motifs is 3. The predicted molar refractivity (Wildman–Crippen MR) is 118 cm³/mol. The van der Waals surface area contributed by atoms with Gasteiger partial charge in [-0.15, -0.1) is 5.10 Å². The van der Waals surface area contributed by atoms with E-state index in [0.717, 1.165) is 19.3 Å². The second-order valence-electron chi connectivity index (χ2n) is 7.55. The minimum atomic E-state index is -1.33. The average molecular weight is 456 g/mol. The van der Waals surface area contributed by atoms with Crippen molar-refractivity contribution >= 4 is 34.8 Å². The number of hydrogen-bond acceptors (Lipinski definition) is 5. The fraction of sp³-hybridized carbons (Fsp3) is 0.273. The first kappa shape index (κ1) is 20.2. The summed E-state index contributed by atoms with van der Waals surface area (Å²) < 4.78 is 1.47. The van der Waals surface area contributed by atoms with Crippen LogP contribution in [0.3, 0.4) is 0 Å². The molecular formula is C22H19Cl2N5O2. The lowest BCUT2D eigenvalue weighted by molar-refractivity contribution is 0.0712. The molecule has 1 fully saturated rings. The van der Waals surface area contributed by atoms with Crippen LogP contribution >= 0.6 is 23.2 Å². The quantitative estimate of drug-likeness (QED) is 0.631. The SMILES string of the molecule is O=C(c1nc2n(n1)-c1ccc(Cl)cc1C(c1ccccc1Cl)=NC2O)N1CCCCC1. The summed E-state index contributed by atoms with van der Waals surface area (Å²) in [5.74, 6) is -0.0162. The number of carbonyl (C=O) groups excluding carboxylic acids is 1. The summed E-state index contributed by atoms with van der Waals surface area (Å²) in [6.45, 7) is 1.37. The maximum atomic E-state index is 12.9. The van der Waals surface area contributed by atoms with Crippen molar-refractivity contribution in [3.05, 3.63) is 75.3 Å². The Morgan fingerprint density at radius 2 is 1.81 bits per heavy atom. The zero-order chi connectivity index (χ0) is 21.5. The molecule has 3 aromatic rings. The highest BCUT2D eigenvalue weighted by Crippen LogP contribution is 2.32. The number of carbonyl (C=O) groups is 1. The van der Waals surface area contributed by atoms with Gasteiger partial charge in [-0.1, -0.05) is 41.4 Å². The van der Waals surface area contributed by atoms with Gasteiger partial charge in [0.05, 0.1) is 11.4 Å². The molecular weight excluding hydrogens is 437 g/mol. The van der Waals surface area contributed by atoms with Crippen LogP contribution < -0.4 is 0 Å². The number of halogens is 2. The van der Waals surface area contributed by atoms with E-state index in [1.54, 1.807) is 29.2 Å². The van der Waals surface area contributed by atoms with Crippen molar-refractivity contribution < 1.29 is 9.90 Å². The number of aliphatic hydroxyl groups excluding tert-OH is 1. The molecule has 1 atom stereocenters. The van der Waals surface area contributed by atoms with Crippen molar-refractivity contribution in [2.75, 3.05) is 13.1 Å². The molecule has 5 rings (SSSR count). The number of aliphatic imine (C=N–C) groups is 1. The van der Waals surface area contributed by atoms with E-state index in [0.29, 0.717) is 45.7 Å². The Hall–Kier alpha value is -2.74.